The van der Waals surface area contributed by atoms with Crippen LogP contribution in [-0.2, 0) is 20.7 Å². The maximum atomic E-state index is 12.6. The molecule has 0 radical (unpaired) electrons. The average Bonchev–Trinajstić information content (AvgIpc) is 2.68. The number of carbonyl (C=O) groups is 2. The molecular formula is C20H29NO6. The summed E-state index contributed by atoms with van der Waals surface area (Å²) in [7, 11) is 4.71. The zero-order chi connectivity index (χ0) is 19.9. The second-order valence-electron chi connectivity index (χ2n) is 6.97. The normalized spacial score (nSPS) is 19.6. The third-order valence-electron chi connectivity index (χ3n) is 5.13. The lowest BCUT2D eigenvalue weighted by Crippen LogP contribution is -2.52. The van der Waals surface area contributed by atoms with E-state index in [0.717, 1.165) is 17.1 Å². The fourth-order valence-electron chi connectivity index (χ4n) is 3.62. The molecule has 1 unspecified atom stereocenters. The molecule has 0 aliphatic carbocycles. The first kappa shape index (κ1) is 21.0. The number of carbonyl (C=O) groups excluding carboxylic acids is 1. The van der Waals surface area contributed by atoms with E-state index in [1.807, 2.05) is 18.2 Å². The molecule has 2 rings (SSSR count). The highest BCUT2D eigenvalue weighted by atomic mass is 16.5. The van der Waals surface area contributed by atoms with Gasteiger partial charge in [-0.3, -0.25) is 9.59 Å². The van der Waals surface area contributed by atoms with E-state index >= 15 is 0 Å². The summed E-state index contributed by atoms with van der Waals surface area (Å²) in [6.07, 6.45) is 2.95. The fourth-order valence-corrected chi connectivity index (χ4v) is 3.62. The smallest absolute Gasteiger partial charge is 0.313 e. The summed E-state index contributed by atoms with van der Waals surface area (Å²) < 4.78 is 15.7. The van der Waals surface area contributed by atoms with Gasteiger partial charge in [0, 0.05) is 32.7 Å². The second-order valence-corrected chi connectivity index (χ2v) is 6.97. The van der Waals surface area contributed by atoms with Gasteiger partial charge in [-0.25, -0.2) is 0 Å². The van der Waals surface area contributed by atoms with Gasteiger partial charge in [0.1, 0.15) is 16.9 Å². The van der Waals surface area contributed by atoms with Crippen molar-refractivity contribution in [2.24, 2.45) is 5.41 Å². The molecule has 1 amide bonds. The molecule has 1 aromatic carbocycles. The van der Waals surface area contributed by atoms with Crippen molar-refractivity contribution in [3.8, 4) is 11.5 Å². The van der Waals surface area contributed by atoms with Gasteiger partial charge >= 0.3 is 5.97 Å². The van der Waals surface area contributed by atoms with E-state index in [1.165, 1.54) is 7.11 Å². The van der Waals surface area contributed by atoms with Crippen LogP contribution < -0.4 is 9.47 Å². The number of aliphatic carboxylic acids is 1. The molecule has 1 saturated heterocycles. The van der Waals surface area contributed by atoms with Crippen LogP contribution in [0.15, 0.2) is 18.2 Å². The number of amides is 1. The molecule has 1 N–H and O–H groups in total. The number of ether oxygens (including phenoxy) is 3. The number of benzene rings is 1. The van der Waals surface area contributed by atoms with Crippen LogP contribution in [-0.4, -0.2) is 62.9 Å². The maximum absolute atomic E-state index is 12.6. The Balaban J connectivity index is 1.93. The lowest BCUT2D eigenvalue weighted by molar-refractivity contribution is -0.159. The standard InChI is InChI=1S/C20H29NO6/c1-25-14-20(19(23)24)10-5-11-21(13-20)18(22)7-4-6-15-8-9-16(26-2)12-17(15)27-3/h8-9,12H,4-7,10-11,13-14H2,1-3H3,(H,23,24). The van der Waals surface area contributed by atoms with E-state index in [2.05, 4.69) is 0 Å². The van der Waals surface area contributed by atoms with Crippen LogP contribution in [0.1, 0.15) is 31.2 Å². The maximum Gasteiger partial charge on any atom is 0.313 e. The fraction of sp³-hybridized carbons (Fsp3) is 0.600. The Hall–Kier alpha value is -2.28. The van der Waals surface area contributed by atoms with E-state index in [9.17, 15) is 14.7 Å². The largest absolute Gasteiger partial charge is 0.497 e. The zero-order valence-corrected chi connectivity index (χ0v) is 16.3. The van der Waals surface area contributed by atoms with Crippen molar-refractivity contribution in [1.82, 2.24) is 4.90 Å². The predicted molar refractivity (Wildman–Crippen MR) is 100 cm³/mol. The van der Waals surface area contributed by atoms with E-state index in [0.29, 0.717) is 38.6 Å². The summed E-state index contributed by atoms with van der Waals surface area (Å²) in [5.41, 5.74) is 0.0195. The van der Waals surface area contributed by atoms with Crippen LogP contribution in [0.5, 0.6) is 11.5 Å². The number of nitrogens with zero attached hydrogens (tertiary/aromatic N) is 1. The minimum absolute atomic E-state index is 0.0103. The zero-order valence-electron chi connectivity index (χ0n) is 16.3. The molecule has 1 aliphatic rings. The van der Waals surface area contributed by atoms with Crippen molar-refractivity contribution in [3.05, 3.63) is 23.8 Å². The minimum atomic E-state index is -0.998. The van der Waals surface area contributed by atoms with Crippen LogP contribution in [0.25, 0.3) is 0 Å². The van der Waals surface area contributed by atoms with E-state index in [4.69, 9.17) is 14.2 Å². The highest BCUT2D eigenvalue weighted by Crippen LogP contribution is 2.31. The van der Waals surface area contributed by atoms with E-state index in [-0.39, 0.29) is 19.1 Å². The number of aryl methyl sites for hydroxylation is 1. The number of carboxylic acid groups (broad SMARTS) is 1. The van der Waals surface area contributed by atoms with Crippen molar-refractivity contribution < 1.29 is 28.9 Å². The number of likely N-dealkylation sites (tertiary alicyclic amines) is 1. The van der Waals surface area contributed by atoms with Crippen molar-refractivity contribution >= 4 is 11.9 Å². The molecule has 7 nitrogen and oxygen atoms in total. The molecule has 0 spiro atoms. The van der Waals surface area contributed by atoms with Crippen molar-refractivity contribution in [1.29, 1.82) is 0 Å². The van der Waals surface area contributed by atoms with Crippen LogP contribution in [0.4, 0.5) is 0 Å². The minimum Gasteiger partial charge on any atom is -0.497 e. The number of carboxylic acids is 1. The molecule has 0 aromatic heterocycles. The number of piperidine rings is 1. The third-order valence-corrected chi connectivity index (χ3v) is 5.13. The Kier molecular flexibility index (Phi) is 7.47. The number of hydrogen-bond acceptors (Lipinski definition) is 5. The van der Waals surface area contributed by atoms with E-state index < -0.39 is 11.4 Å². The molecule has 0 saturated carbocycles. The lowest BCUT2D eigenvalue weighted by Gasteiger charge is -2.39. The molecule has 1 fully saturated rings. The van der Waals surface area contributed by atoms with Crippen molar-refractivity contribution in [3.63, 3.8) is 0 Å². The van der Waals surface area contributed by atoms with Crippen LogP contribution in [0, 0.1) is 5.41 Å². The van der Waals surface area contributed by atoms with Crippen LogP contribution in [0.3, 0.4) is 0 Å². The quantitative estimate of drug-likeness (QED) is 0.709. The third kappa shape index (κ3) is 5.13. The Morgan fingerprint density at radius 3 is 2.63 bits per heavy atom. The molecule has 0 bridgehead atoms. The molecule has 7 heteroatoms. The SMILES string of the molecule is COCC1(C(=O)O)CCCN(C(=O)CCCc2ccc(OC)cc2OC)C1. The Bertz CT molecular complexity index is 658. The van der Waals surface area contributed by atoms with Gasteiger partial charge in [0.15, 0.2) is 0 Å². The summed E-state index contributed by atoms with van der Waals surface area (Å²) in [6, 6.07) is 5.64. The molecule has 1 aromatic rings. The Labute approximate surface area is 160 Å². The van der Waals surface area contributed by atoms with E-state index in [1.54, 1.807) is 19.1 Å². The van der Waals surface area contributed by atoms with Gasteiger partial charge in [0.25, 0.3) is 0 Å². The average molecular weight is 379 g/mol. The molecule has 1 atom stereocenters. The predicted octanol–water partition coefficient (Wildman–Crippen LogP) is 2.37. The number of methoxy groups -OCH3 is 3. The van der Waals surface area contributed by atoms with Gasteiger partial charge in [-0.2, -0.15) is 0 Å². The van der Waals surface area contributed by atoms with Crippen molar-refractivity contribution in [2.45, 2.75) is 32.1 Å². The lowest BCUT2D eigenvalue weighted by atomic mass is 9.80. The topological polar surface area (TPSA) is 85.3 Å². The first-order valence-corrected chi connectivity index (χ1v) is 9.17. The number of rotatable bonds is 9. The highest BCUT2D eigenvalue weighted by molar-refractivity contribution is 5.80. The van der Waals surface area contributed by atoms with Gasteiger partial charge in [-0.1, -0.05) is 6.07 Å². The van der Waals surface area contributed by atoms with Gasteiger partial charge in [0.2, 0.25) is 5.91 Å². The molecule has 1 heterocycles. The van der Waals surface area contributed by atoms with Gasteiger partial charge in [0.05, 0.1) is 20.8 Å². The molecule has 27 heavy (non-hydrogen) atoms. The van der Waals surface area contributed by atoms with Crippen LogP contribution in [0.2, 0.25) is 0 Å². The van der Waals surface area contributed by atoms with Gasteiger partial charge in [-0.15, -0.1) is 0 Å². The first-order valence-electron chi connectivity index (χ1n) is 9.17. The highest BCUT2D eigenvalue weighted by Gasteiger charge is 2.43. The van der Waals surface area contributed by atoms with Crippen molar-refractivity contribution in [2.75, 3.05) is 41.0 Å². The Morgan fingerprint density at radius 2 is 2.00 bits per heavy atom. The Morgan fingerprint density at radius 1 is 1.22 bits per heavy atom. The summed E-state index contributed by atoms with van der Waals surface area (Å²) in [5, 5.41) is 9.60. The molecule has 150 valence electrons. The van der Waals surface area contributed by atoms with Gasteiger partial charge in [-0.05, 0) is 37.3 Å². The molecular weight excluding hydrogens is 350 g/mol. The van der Waals surface area contributed by atoms with Gasteiger partial charge < -0.3 is 24.2 Å². The summed E-state index contributed by atoms with van der Waals surface area (Å²) in [4.78, 5) is 26.0. The monoisotopic (exact) mass is 379 g/mol. The first-order chi connectivity index (χ1) is 13.0. The molecule has 1 aliphatic heterocycles. The summed E-state index contributed by atoms with van der Waals surface area (Å²) in [5.74, 6) is 0.557. The number of hydrogen-bond donors (Lipinski definition) is 1. The van der Waals surface area contributed by atoms with Crippen LogP contribution >= 0.6 is 0 Å². The summed E-state index contributed by atoms with van der Waals surface area (Å²) >= 11 is 0. The second kappa shape index (κ2) is 9.60. The summed E-state index contributed by atoms with van der Waals surface area (Å²) in [6.45, 7) is 0.930.